The molecule has 2 aromatic carbocycles. The monoisotopic (exact) mass is 215 g/mol. The van der Waals surface area contributed by atoms with Crippen molar-refractivity contribution >= 4 is 11.6 Å². The van der Waals surface area contributed by atoms with Crippen molar-refractivity contribution < 1.29 is 0 Å². The molecule has 2 rings (SSSR count). The zero-order chi connectivity index (χ0) is 10.7. The van der Waals surface area contributed by atoms with Crippen LogP contribution in [0.2, 0.25) is 5.02 Å². The summed E-state index contributed by atoms with van der Waals surface area (Å²) in [5, 5.41) is 0.772. The molecular weight excluding hydrogens is 204 g/mol. The first kappa shape index (κ1) is 10.3. The minimum Gasteiger partial charge on any atom is -0.0843 e. The number of rotatable bonds is 2. The fraction of sp³-hybridized carbons (Fsp3) is 0.0714. The number of halogens is 1. The van der Waals surface area contributed by atoms with E-state index in [2.05, 4.69) is 37.3 Å². The van der Waals surface area contributed by atoms with Crippen molar-refractivity contribution in [2.45, 2.75) is 6.42 Å². The molecule has 0 nitrogen and oxygen atoms in total. The van der Waals surface area contributed by atoms with Crippen molar-refractivity contribution in [1.29, 1.82) is 0 Å². The molecule has 0 amide bonds. The average Bonchev–Trinajstić information content (AvgIpc) is 2.29. The fourth-order valence-electron chi connectivity index (χ4n) is 1.53. The molecule has 15 heavy (non-hydrogen) atoms. The Labute approximate surface area is 95.5 Å². The highest BCUT2D eigenvalue weighted by molar-refractivity contribution is 6.30. The van der Waals surface area contributed by atoms with Gasteiger partial charge in [-0.2, -0.15) is 0 Å². The van der Waals surface area contributed by atoms with E-state index in [1.807, 2.05) is 18.2 Å². The van der Waals surface area contributed by atoms with Gasteiger partial charge in [0.1, 0.15) is 0 Å². The molecule has 0 fully saturated rings. The smallest absolute Gasteiger partial charge is 0.0412 e. The standard InChI is InChI=1S/C14H12Cl/c1-2-11-6-8-12(9-7-11)13-4-3-5-14(15)10-13/h3-10H,1-2H2. The largest absolute Gasteiger partial charge is 0.0843 e. The molecule has 1 radical (unpaired) electrons. The van der Waals surface area contributed by atoms with Gasteiger partial charge in [-0.25, -0.2) is 0 Å². The van der Waals surface area contributed by atoms with E-state index >= 15 is 0 Å². The zero-order valence-electron chi connectivity index (χ0n) is 8.41. The summed E-state index contributed by atoms with van der Waals surface area (Å²) in [6.45, 7) is 3.85. The Balaban J connectivity index is 2.37. The maximum Gasteiger partial charge on any atom is 0.0412 e. The van der Waals surface area contributed by atoms with Crippen LogP contribution in [0.5, 0.6) is 0 Å². The molecule has 0 N–H and O–H groups in total. The Bertz CT molecular complexity index is 443. The van der Waals surface area contributed by atoms with E-state index in [1.165, 1.54) is 11.1 Å². The van der Waals surface area contributed by atoms with E-state index in [0.717, 1.165) is 17.0 Å². The second-order valence-electron chi connectivity index (χ2n) is 3.46. The molecule has 1 heteroatoms. The molecular formula is C14H12Cl. The highest BCUT2D eigenvalue weighted by Gasteiger charge is 1.97. The van der Waals surface area contributed by atoms with Crippen molar-refractivity contribution in [1.82, 2.24) is 0 Å². The lowest BCUT2D eigenvalue weighted by Gasteiger charge is -2.03. The molecule has 2 aromatic rings. The van der Waals surface area contributed by atoms with Gasteiger partial charge >= 0.3 is 0 Å². The normalized spacial score (nSPS) is 10.3. The van der Waals surface area contributed by atoms with Gasteiger partial charge in [0.2, 0.25) is 0 Å². The fourth-order valence-corrected chi connectivity index (χ4v) is 1.72. The maximum absolute atomic E-state index is 5.94. The van der Waals surface area contributed by atoms with Crippen LogP contribution in [0.1, 0.15) is 5.56 Å². The van der Waals surface area contributed by atoms with Gasteiger partial charge in [-0.1, -0.05) is 48.0 Å². The van der Waals surface area contributed by atoms with Crippen molar-refractivity contribution in [3.63, 3.8) is 0 Å². The van der Waals surface area contributed by atoms with Crippen LogP contribution in [0.25, 0.3) is 11.1 Å². The van der Waals surface area contributed by atoms with Gasteiger partial charge in [-0.15, -0.1) is 0 Å². The van der Waals surface area contributed by atoms with Crippen molar-refractivity contribution in [2.24, 2.45) is 0 Å². The van der Waals surface area contributed by atoms with Gasteiger partial charge in [0, 0.05) is 5.02 Å². The van der Waals surface area contributed by atoms with Gasteiger partial charge in [-0.3, -0.25) is 0 Å². The maximum atomic E-state index is 5.94. The van der Waals surface area contributed by atoms with Gasteiger partial charge in [-0.05, 0) is 42.2 Å². The lowest BCUT2D eigenvalue weighted by Crippen LogP contribution is -1.81. The summed E-state index contributed by atoms with van der Waals surface area (Å²) in [5.74, 6) is 0. The van der Waals surface area contributed by atoms with Crippen LogP contribution in [0.4, 0.5) is 0 Å². The Morgan fingerprint density at radius 1 is 0.933 bits per heavy atom. The average molecular weight is 216 g/mol. The summed E-state index contributed by atoms with van der Waals surface area (Å²) in [5.41, 5.74) is 3.59. The van der Waals surface area contributed by atoms with E-state index in [4.69, 9.17) is 11.6 Å². The minimum atomic E-state index is 0.772. The molecule has 0 saturated heterocycles. The van der Waals surface area contributed by atoms with Crippen LogP contribution < -0.4 is 0 Å². The summed E-state index contributed by atoms with van der Waals surface area (Å²) in [6, 6.07) is 16.3. The second kappa shape index (κ2) is 4.50. The van der Waals surface area contributed by atoms with E-state index in [0.29, 0.717) is 0 Å². The summed E-state index contributed by atoms with van der Waals surface area (Å²) in [7, 11) is 0. The van der Waals surface area contributed by atoms with Gasteiger partial charge in [0.05, 0.1) is 0 Å². The van der Waals surface area contributed by atoms with Crippen molar-refractivity contribution in [2.75, 3.05) is 0 Å². The van der Waals surface area contributed by atoms with Crippen LogP contribution in [-0.2, 0) is 6.42 Å². The summed E-state index contributed by atoms with van der Waals surface area (Å²) >= 11 is 5.94. The quantitative estimate of drug-likeness (QED) is 0.697. The molecule has 0 aliphatic rings. The van der Waals surface area contributed by atoms with Crippen LogP contribution in [-0.4, -0.2) is 0 Å². The Morgan fingerprint density at radius 2 is 1.67 bits per heavy atom. The zero-order valence-corrected chi connectivity index (χ0v) is 9.17. The number of benzene rings is 2. The third-order valence-corrected chi connectivity index (χ3v) is 2.64. The van der Waals surface area contributed by atoms with E-state index in [-0.39, 0.29) is 0 Å². The Morgan fingerprint density at radius 3 is 2.27 bits per heavy atom. The third kappa shape index (κ3) is 2.40. The van der Waals surface area contributed by atoms with E-state index < -0.39 is 0 Å². The van der Waals surface area contributed by atoms with Gasteiger partial charge < -0.3 is 0 Å². The van der Waals surface area contributed by atoms with Gasteiger partial charge in [0.15, 0.2) is 0 Å². The van der Waals surface area contributed by atoms with E-state index in [1.54, 1.807) is 0 Å². The molecule has 0 spiro atoms. The first-order valence-electron chi connectivity index (χ1n) is 4.94. The molecule has 0 aromatic heterocycles. The van der Waals surface area contributed by atoms with Crippen molar-refractivity contribution in [3.8, 4) is 11.1 Å². The molecule has 0 heterocycles. The van der Waals surface area contributed by atoms with Crippen molar-refractivity contribution in [3.05, 3.63) is 66.0 Å². The minimum absolute atomic E-state index is 0.772. The van der Waals surface area contributed by atoms with Crippen LogP contribution in [0.3, 0.4) is 0 Å². The van der Waals surface area contributed by atoms with Crippen LogP contribution in [0.15, 0.2) is 48.5 Å². The van der Waals surface area contributed by atoms with Crippen LogP contribution >= 0.6 is 11.6 Å². The Kier molecular flexibility index (Phi) is 3.08. The summed E-state index contributed by atoms with van der Waals surface area (Å²) in [6.07, 6.45) is 0.829. The summed E-state index contributed by atoms with van der Waals surface area (Å²) in [4.78, 5) is 0. The SMILES string of the molecule is [CH2]Cc1ccc(-c2cccc(Cl)c2)cc1. The third-order valence-electron chi connectivity index (χ3n) is 2.40. The molecule has 0 unspecified atom stereocenters. The predicted octanol–water partition coefficient (Wildman–Crippen LogP) is 4.38. The molecule has 0 atom stereocenters. The van der Waals surface area contributed by atoms with E-state index in [9.17, 15) is 0 Å². The lowest BCUT2D eigenvalue weighted by molar-refractivity contribution is 1.27. The first-order valence-corrected chi connectivity index (χ1v) is 5.31. The molecule has 75 valence electrons. The molecule has 0 aliphatic heterocycles. The second-order valence-corrected chi connectivity index (χ2v) is 3.89. The first-order chi connectivity index (χ1) is 7.29. The molecule has 0 saturated carbocycles. The molecule has 0 bridgehead atoms. The predicted molar refractivity (Wildman–Crippen MR) is 65.9 cm³/mol. The summed E-state index contributed by atoms with van der Waals surface area (Å²) < 4.78 is 0. The number of hydrogen-bond acceptors (Lipinski definition) is 0. The topological polar surface area (TPSA) is 0 Å². The van der Waals surface area contributed by atoms with Gasteiger partial charge in [0.25, 0.3) is 0 Å². The lowest BCUT2D eigenvalue weighted by atomic mass is 10.0. The Hall–Kier alpha value is -1.27. The highest BCUT2D eigenvalue weighted by atomic mass is 35.5. The molecule has 0 aliphatic carbocycles. The number of hydrogen-bond donors (Lipinski definition) is 0. The van der Waals surface area contributed by atoms with Crippen LogP contribution in [0, 0.1) is 6.92 Å². The highest BCUT2D eigenvalue weighted by Crippen LogP contribution is 2.22.